The van der Waals surface area contributed by atoms with Crippen molar-refractivity contribution in [2.24, 2.45) is 0 Å². The maximum absolute atomic E-state index is 1.50. The Balaban J connectivity index is -0.000000120. The van der Waals surface area contributed by atoms with E-state index in [2.05, 4.69) is 0 Å². The molecule has 0 atom stereocenters. The molecule has 0 bridgehead atoms. The Morgan fingerprint density at radius 3 is 0.857 bits per heavy atom. The number of rotatable bonds is 0. The molecule has 7 heavy (non-hydrogen) atoms. The van der Waals surface area contributed by atoms with Gasteiger partial charge in [-0.05, 0) is 0 Å². The topological polar surface area (TPSA) is 0 Å². The van der Waals surface area contributed by atoms with Gasteiger partial charge in [-0.3, -0.25) is 0 Å². The summed E-state index contributed by atoms with van der Waals surface area (Å²) in [5.41, 5.74) is 0. The molecular weight excluding hydrogens is 81.1 g/mol. The Labute approximate surface area is 52.5 Å². The molecule has 1 aliphatic carbocycles. The van der Waals surface area contributed by atoms with Gasteiger partial charge in [0, 0.05) is 0 Å². The van der Waals surface area contributed by atoms with Crippen molar-refractivity contribution in [3.63, 3.8) is 0 Å². The van der Waals surface area contributed by atoms with E-state index >= 15 is 0 Å². The van der Waals surface area contributed by atoms with Gasteiger partial charge in [0.05, 0.1) is 0 Å². The van der Waals surface area contributed by atoms with E-state index in [0.717, 1.165) is 0 Å². The predicted molar refractivity (Wildman–Crippen MR) is 35.7 cm³/mol. The van der Waals surface area contributed by atoms with Crippen LogP contribution in [0.5, 0.6) is 0 Å². The number of hydrogen-bond donors (Lipinski definition) is 0. The van der Waals surface area contributed by atoms with Crippen LogP contribution in [-0.2, 0) is 0 Å². The van der Waals surface area contributed by atoms with Gasteiger partial charge in [-0.15, -0.1) is 0 Å². The molecule has 0 aromatic heterocycles. The van der Waals surface area contributed by atoms with Crippen LogP contribution in [-0.4, -0.2) is 10.1 Å². The molecule has 0 saturated heterocycles. The molecule has 1 aliphatic rings. The standard InChI is InChI=1S/C6H12.Be.2H/c1-2-4-6-5-3-1;;;/h1-6H2;;;/q;+2;2*-1. The molecule has 0 N–H and O–H groups in total. The van der Waals surface area contributed by atoms with Gasteiger partial charge in [0.25, 0.3) is 0 Å². The second kappa shape index (κ2) is 4.33. The first-order chi connectivity index (χ1) is 3.00. The maximum Gasteiger partial charge on any atom is 2.00 e. The van der Waals surface area contributed by atoms with Gasteiger partial charge < -0.3 is 2.85 Å². The molecule has 1 saturated carbocycles. The Bertz CT molecular complexity index is 26.5. The van der Waals surface area contributed by atoms with E-state index in [9.17, 15) is 0 Å². The van der Waals surface area contributed by atoms with Crippen molar-refractivity contribution in [3.05, 3.63) is 0 Å². The van der Waals surface area contributed by atoms with Crippen LogP contribution >= 0.6 is 0 Å². The first-order valence-corrected chi connectivity index (χ1v) is 3.00. The van der Waals surface area contributed by atoms with E-state index in [0.29, 0.717) is 0 Å². The molecule has 0 aromatic carbocycles. The number of hydrogen-bond acceptors (Lipinski definition) is 0. The SMILES string of the molecule is C1CCCCC1.[Be+2].[H-].[H-]. The van der Waals surface area contributed by atoms with Crippen molar-refractivity contribution in [1.82, 2.24) is 0 Å². The average Bonchev–Trinajstić information content (AvgIpc) is 1.72. The zero-order chi connectivity index (χ0) is 4.24. The summed E-state index contributed by atoms with van der Waals surface area (Å²) in [4.78, 5) is 0. The molecule has 0 radical (unpaired) electrons. The summed E-state index contributed by atoms with van der Waals surface area (Å²) in [6.07, 6.45) is 9.00. The molecular formula is C6H14Be. The third kappa shape index (κ3) is 2.82. The molecule has 40 valence electrons. The average molecular weight is 95.2 g/mol. The van der Waals surface area contributed by atoms with E-state index in [1.54, 1.807) is 0 Å². The van der Waals surface area contributed by atoms with Crippen molar-refractivity contribution in [1.29, 1.82) is 0 Å². The Morgan fingerprint density at radius 1 is 0.571 bits per heavy atom. The molecule has 0 aromatic rings. The van der Waals surface area contributed by atoms with Crippen molar-refractivity contribution in [2.45, 2.75) is 38.5 Å². The summed E-state index contributed by atoms with van der Waals surface area (Å²) in [7, 11) is 0. The van der Waals surface area contributed by atoms with Crippen LogP contribution in [0.1, 0.15) is 41.4 Å². The molecule has 0 amide bonds. The third-order valence-corrected chi connectivity index (χ3v) is 1.50. The first kappa shape index (κ1) is 7.17. The van der Waals surface area contributed by atoms with Crippen LogP contribution in [0.25, 0.3) is 0 Å². The summed E-state index contributed by atoms with van der Waals surface area (Å²) in [5, 5.41) is 0. The summed E-state index contributed by atoms with van der Waals surface area (Å²) in [6, 6.07) is 0. The molecule has 0 unspecified atom stereocenters. The van der Waals surface area contributed by atoms with E-state index in [1.807, 2.05) is 0 Å². The predicted octanol–water partition coefficient (Wildman–Crippen LogP) is 2.18. The molecule has 1 rings (SSSR count). The fraction of sp³-hybridized carbons (Fsp3) is 1.00. The Kier molecular flexibility index (Phi) is 4.44. The summed E-state index contributed by atoms with van der Waals surface area (Å²) < 4.78 is 0. The van der Waals surface area contributed by atoms with Gasteiger partial charge in [-0.1, -0.05) is 38.5 Å². The molecule has 1 heteroatoms. The molecule has 1 fully saturated rings. The smallest absolute Gasteiger partial charge is 1.00 e. The van der Waals surface area contributed by atoms with Gasteiger partial charge in [0.15, 0.2) is 0 Å². The van der Waals surface area contributed by atoms with Crippen molar-refractivity contribution >= 4 is 10.1 Å². The maximum atomic E-state index is 1.50. The van der Waals surface area contributed by atoms with Crippen molar-refractivity contribution < 1.29 is 2.85 Å². The molecule has 0 spiro atoms. The second-order valence-electron chi connectivity index (χ2n) is 2.12. The zero-order valence-electron chi connectivity index (χ0n) is 6.95. The second-order valence-corrected chi connectivity index (χ2v) is 2.12. The van der Waals surface area contributed by atoms with Gasteiger partial charge in [0.1, 0.15) is 0 Å². The fourth-order valence-corrected chi connectivity index (χ4v) is 1.06. The monoisotopic (exact) mass is 95.1 g/mol. The minimum atomic E-state index is 0. The zero-order valence-corrected chi connectivity index (χ0v) is 4.95. The fourth-order valence-electron chi connectivity index (χ4n) is 1.06. The van der Waals surface area contributed by atoms with Crippen LogP contribution in [0, 0.1) is 0 Å². The van der Waals surface area contributed by atoms with E-state index < -0.39 is 0 Å². The van der Waals surface area contributed by atoms with Gasteiger partial charge in [-0.25, -0.2) is 0 Å². The van der Waals surface area contributed by atoms with Crippen LogP contribution in [0.15, 0.2) is 0 Å². The minimum absolute atomic E-state index is 0. The largest absolute Gasteiger partial charge is 2.00 e. The van der Waals surface area contributed by atoms with Crippen LogP contribution in [0.4, 0.5) is 0 Å². The van der Waals surface area contributed by atoms with E-state index in [1.165, 1.54) is 38.5 Å². The van der Waals surface area contributed by atoms with Gasteiger partial charge in [0.2, 0.25) is 0 Å². The normalized spacial score (nSPS) is 20.6. The van der Waals surface area contributed by atoms with Gasteiger partial charge >= 0.3 is 10.1 Å². The quantitative estimate of drug-likeness (QED) is 0.404. The van der Waals surface area contributed by atoms with Crippen LogP contribution in [0.2, 0.25) is 0 Å². The van der Waals surface area contributed by atoms with E-state index in [4.69, 9.17) is 0 Å². The van der Waals surface area contributed by atoms with Crippen LogP contribution in [0.3, 0.4) is 0 Å². The first-order valence-electron chi connectivity index (χ1n) is 3.00. The van der Waals surface area contributed by atoms with E-state index in [-0.39, 0.29) is 13.0 Å². The summed E-state index contributed by atoms with van der Waals surface area (Å²) in [5.74, 6) is 0. The van der Waals surface area contributed by atoms with Crippen LogP contribution < -0.4 is 0 Å². The third-order valence-electron chi connectivity index (χ3n) is 1.50. The molecule has 0 nitrogen and oxygen atoms in total. The summed E-state index contributed by atoms with van der Waals surface area (Å²) >= 11 is 0. The van der Waals surface area contributed by atoms with Crippen molar-refractivity contribution in [3.8, 4) is 0 Å². The van der Waals surface area contributed by atoms with Crippen molar-refractivity contribution in [2.75, 3.05) is 0 Å². The van der Waals surface area contributed by atoms with Gasteiger partial charge in [-0.2, -0.15) is 0 Å². The molecule has 0 heterocycles. The summed E-state index contributed by atoms with van der Waals surface area (Å²) in [6.45, 7) is 0. The molecule has 0 aliphatic heterocycles. The Morgan fingerprint density at radius 2 is 0.714 bits per heavy atom. The Hall–Kier alpha value is 0.169. The minimum Gasteiger partial charge on any atom is -1.00 e.